The number of hydrogen-bond donors (Lipinski definition) is 3. The summed E-state index contributed by atoms with van der Waals surface area (Å²) in [5.74, 6) is 0.424. The van der Waals surface area contributed by atoms with E-state index in [9.17, 15) is 9.90 Å². The number of amides is 2. The van der Waals surface area contributed by atoms with Gasteiger partial charge in [-0.2, -0.15) is 0 Å². The van der Waals surface area contributed by atoms with E-state index in [1.54, 1.807) is 0 Å². The summed E-state index contributed by atoms with van der Waals surface area (Å²) in [7, 11) is 0. The molecule has 0 radical (unpaired) electrons. The maximum atomic E-state index is 12.2. The van der Waals surface area contributed by atoms with Gasteiger partial charge in [0.2, 0.25) is 0 Å². The van der Waals surface area contributed by atoms with Crippen LogP contribution < -0.4 is 10.6 Å². The molecule has 0 aliphatic heterocycles. The van der Waals surface area contributed by atoms with Gasteiger partial charge >= 0.3 is 6.03 Å². The van der Waals surface area contributed by atoms with E-state index in [1.807, 2.05) is 6.07 Å². The van der Waals surface area contributed by atoms with Crippen LogP contribution in [0.25, 0.3) is 0 Å². The molecule has 0 atom stereocenters. The zero-order valence-corrected chi connectivity index (χ0v) is 13.8. The predicted molar refractivity (Wildman–Crippen MR) is 91.3 cm³/mol. The number of hydrogen-bond acceptors (Lipinski definition) is 2. The minimum Gasteiger partial charge on any atom is -0.396 e. The highest BCUT2D eigenvalue weighted by atomic mass is 16.3. The van der Waals surface area contributed by atoms with Gasteiger partial charge in [0.05, 0.1) is 0 Å². The van der Waals surface area contributed by atoms with E-state index < -0.39 is 0 Å². The molecular weight excluding hydrogens is 288 g/mol. The number of aliphatic hydroxyl groups is 1. The van der Waals surface area contributed by atoms with Crippen LogP contribution in [-0.4, -0.2) is 30.3 Å². The number of urea groups is 1. The van der Waals surface area contributed by atoms with Gasteiger partial charge in [0.25, 0.3) is 0 Å². The molecule has 1 aromatic rings. The Balaban J connectivity index is 1.47. The minimum atomic E-state index is -0.0420. The third-order valence-electron chi connectivity index (χ3n) is 5.72. The maximum Gasteiger partial charge on any atom is 0.315 e. The van der Waals surface area contributed by atoms with E-state index in [0.29, 0.717) is 5.92 Å². The Hall–Kier alpha value is -1.55. The molecule has 4 nitrogen and oxygen atoms in total. The van der Waals surface area contributed by atoms with Crippen LogP contribution in [-0.2, 0) is 5.41 Å². The van der Waals surface area contributed by atoms with Gasteiger partial charge in [0.1, 0.15) is 0 Å². The van der Waals surface area contributed by atoms with Crippen molar-refractivity contribution in [3.8, 4) is 0 Å². The molecule has 3 rings (SSSR count). The third kappa shape index (κ3) is 3.86. The average molecular weight is 316 g/mol. The van der Waals surface area contributed by atoms with Gasteiger partial charge in [-0.1, -0.05) is 36.8 Å². The smallest absolute Gasteiger partial charge is 0.315 e. The van der Waals surface area contributed by atoms with E-state index in [0.717, 1.165) is 45.1 Å². The monoisotopic (exact) mass is 316 g/mol. The van der Waals surface area contributed by atoms with E-state index in [4.69, 9.17) is 0 Å². The van der Waals surface area contributed by atoms with Crippen LogP contribution in [0.5, 0.6) is 0 Å². The number of aliphatic hydroxyl groups excluding tert-OH is 1. The van der Waals surface area contributed by atoms with Crippen molar-refractivity contribution in [2.24, 2.45) is 5.92 Å². The second-order valence-corrected chi connectivity index (χ2v) is 7.23. The summed E-state index contributed by atoms with van der Waals surface area (Å²) in [4.78, 5) is 12.2. The molecule has 2 aliphatic carbocycles. The summed E-state index contributed by atoms with van der Waals surface area (Å²) >= 11 is 0. The molecule has 0 aromatic heterocycles. The van der Waals surface area contributed by atoms with Gasteiger partial charge in [0, 0.05) is 24.6 Å². The fourth-order valence-corrected chi connectivity index (χ4v) is 3.94. The van der Waals surface area contributed by atoms with Crippen LogP contribution in [0, 0.1) is 5.92 Å². The Morgan fingerprint density at radius 3 is 2.39 bits per heavy atom. The van der Waals surface area contributed by atoms with Crippen LogP contribution in [0.2, 0.25) is 0 Å². The van der Waals surface area contributed by atoms with Gasteiger partial charge in [-0.25, -0.2) is 4.79 Å². The summed E-state index contributed by atoms with van der Waals surface area (Å²) in [6, 6.07) is 10.8. The third-order valence-corrected chi connectivity index (χ3v) is 5.72. The molecule has 0 unspecified atom stereocenters. The molecule has 1 aromatic carbocycles. The molecule has 0 saturated heterocycles. The first-order valence-corrected chi connectivity index (χ1v) is 8.93. The van der Waals surface area contributed by atoms with Crippen LogP contribution >= 0.6 is 0 Å². The number of rotatable bonds is 5. The van der Waals surface area contributed by atoms with Gasteiger partial charge in [-0.15, -0.1) is 0 Å². The van der Waals surface area contributed by atoms with Crippen LogP contribution in [0.4, 0.5) is 4.79 Å². The molecule has 2 saturated carbocycles. The average Bonchev–Trinajstić information content (AvgIpc) is 2.55. The number of carbonyl (C=O) groups is 1. The molecule has 2 amide bonds. The Bertz CT molecular complexity index is 505. The van der Waals surface area contributed by atoms with Crippen molar-refractivity contribution in [3.63, 3.8) is 0 Å². The number of nitrogens with one attached hydrogen (secondary N) is 2. The molecule has 23 heavy (non-hydrogen) atoms. The summed E-state index contributed by atoms with van der Waals surface area (Å²) in [6.07, 6.45) is 7.51. The van der Waals surface area contributed by atoms with E-state index in [2.05, 4.69) is 34.9 Å². The van der Waals surface area contributed by atoms with E-state index in [1.165, 1.54) is 12.0 Å². The van der Waals surface area contributed by atoms with Gasteiger partial charge in [0.15, 0.2) is 0 Å². The first kappa shape index (κ1) is 16.3. The normalized spacial score (nSPS) is 26.1. The highest BCUT2D eigenvalue weighted by Crippen LogP contribution is 2.43. The second kappa shape index (κ2) is 7.35. The quantitative estimate of drug-likeness (QED) is 0.782. The molecule has 0 bridgehead atoms. The zero-order chi connectivity index (χ0) is 16.1. The van der Waals surface area contributed by atoms with E-state index >= 15 is 0 Å². The molecular formula is C19H28N2O2. The fourth-order valence-electron chi connectivity index (χ4n) is 3.94. The topological polar surface area (TPSA) is 61.4 Å². The van der Waals surface area contributed by atoms with Gasteiger partial charge in [-0.3, -0.25) is 0 Å². The second-order valence-electron chi connectivity index (χ2n) is 7.23. The van der Waals surface area contributed by atoms with Crippen molar-refractivity contribution in [2.75, 3.05) is 13.2 Å². The lowest BCUT2D eigenvalue weighted by atomic mass is 9.64. The highest BCUT2D eigenvalue weighted by molar-refractivity contribution is 5.74. The standard InChI is InChI=1S/C19H28N2O2/c22-13-15-7-9-17(10-8-15)21-18(23)20-14-19(11-4-12-19)16-5-2-1-3-6-16/h1-3,5-6,15,17,22H,4,7-14H2,(H2,20,21,23). The predicted octanol–water partition coefficient (Wildman–Crippen LogP) is 2.96. The molecule has 2 aliphatic rings. The van der Waals surface area contributed by atoms with Crippen LogP contribution in [0.3, 0.4) is 0 Å². The number of benzene rings is 1. The van der Waals surface area contributed by atoms with Crippen molar-refractivity contribution in [1.82, 2.24) is 10.6 Å². The maximum absolute atomic E-state index is 12.2. The van der Waals surface area contributed by atoms with Crippen molar-refractivity contribution >= 4 is 6.03 Å². The van der Waals surface area contributed by atoms with Gasteiger partial charge < -0.3 is 15.7 Å². The number of carbonyl (C=O) groups excluding carboxylic acids is 1. The van der Waals surface area contributed by atoms with Gasteiger partial charge in [-0.05, 0) is 50.0 Å². The summed E-state index contributed by atoms with van der Waals surface area (Å²) in [5.41, 5.74) is 1.47. The van der Waals surface area contributed by atoms with Crippen molar-refractivity contribution in [2.45, 2.75) is 56.4 Å². The first-order valence-electron chi connectivity index (χ1n) is 8.93. The Labute approximate surface area is 138 Å². The summed E-state index contributed by atoms with van der Waals surface area (Å²) in [6.45, 7) is 0.993. The Morgan fingerprint density at radius 2 is 1.83 bits per heavy atom. The first-order chi connectivity index (χ1) is 11.2. The van der Waals surface area contributed by atoms with E-state index in [-0.39, 0.29) is 24.1 Å². The fraction of sp³-hybridized carbons (Fsp3) is 0.632. The van der Waals surface area contributed by atoms with Crippen molar-refractivity contribution < 1.29 is 9.90 Å². The molecule has 0 spiro atoms. The molecule has 4 heteroatoms. The van der Waals surface area contributed by atoms with Crippen LogP contribution in [0.1, 0.15) is 50.5 Å². The highest BCUT2D eigenvalue weighted by Gasteiger charge is 2.38. The lowest BCUT2D eigenvalue weighted by Gasteiger charge is -2.42. The minimum absolute atomic E-state index is 0.0420. The summed E-state index contributed by atoms with van der Waals surface area (Å²) in [5, 5.41) is 15.4. The Morgan fingerprint density at radius 1 is 1.13 bits per heavy atom. The summed E-state index contributed by atoms with van der Waals surface area (Å²) < 4.78 is 0. The molecule has 126 valence electrons. The lowest BCUT2D eigenvalue weighted by Crippen LogP contribution is -2.50. The van der Waals surface area contributed by atoms with Crippen LogP contribution in [0.15, 0.2) is 30.3 Å². The van der Waals surface area contributed by atoms with Crippen molar-refractivity contribution in [1.29, 1.82) is 0 Å². The molecule has 3 N–H and O–H groups in total. The zero-order valence-electron chi connectivity index (χ0n) is 13.8. The lowest BCUT2D eigenvalue weighted by molar-refractivity contribution is 0.173. The molecule has 0 heterocycles. The van der Waals surface area contributed by atoms with Crippen molar-refractivity contribution in [3.05, 3.63) is 35.9 Å². The largest absolute Gasteiger partial charge is 0.396 e. The Kier molecular flexibility index (Phi) is 5.21. The molecule has 2 fully saturated rings. The SMILES string of the molecule is O=C(NCC1(c2ccccc2)CCC1)NC1CCC(CO)CC1.